The first kappa shape index (κ1) is 24.3. The number of nitrogens with two attached hydrogens (primary N) is 4. The van der Waals surface area contributed by atoms with Crippen LogP contribution in [-0.2, 0) is 0 Å². The normalized spacial score (nSPS) is 15.7. The minimum atomic E-state index is -0.373. The van der Waals surface area contributed by atoms with Crippen molar-refractivity contribution in [3.8, 4) is 5.75 Å². The van der Waals surface area contributed by atoms with E-state index in [9.17, 15) is 4.39 Å². The zero-order valence-electron chi connectivity index (χ0n) is 19.2. The van der Waals surface area contributed by atoms with E-state index in [2.05, 4.69) is 10.1 Å². The van der Waals surface area contributed by atoms with Crippen LogP contribution in [0.5, 0.6) is 5.75 Å². The predicted octanol–water partition coefficient (Wildman–Crippen LogP) is 2.17. The predicted molar refractivity (Wildman–Crippen MR) is 128 cm³/mol. The van der Waals surface area contributed by atoms with Crippen LogP contribution in [0.1, 0.15) is 49.1 Å². The molecule has 1 aliphatic rings. The van der Waals surface area contributed by atoms with E-state index in [1.807, 2.05) is 19.1 Å². The first-order chi connectivity index (χ1) is 15.8. The highest BCUT2D eigenvalue weighted by Crippen LogP contribution is 2.26. The summed E-state index contributed by atoms with van der Waals surface area (Å²) in [5.74, 6) is 18.5. The number of aryl methyl sites for hydroxylation is 1. The summed E-state index contributed by atoms with van der Waals surface area (Å²) in [7, 11) is 1.65. The number of hydrazine groups is 2. The van der Waals surface area contributed by atoms with Gasteiger partial charge in [-0.2, -0.15) is 5.10 Å². The van der Waals surface area contributed by atoms with Gasteiger partial charge in [0.05, 0.1) is 35.4 Å². The molecule has 178 valence electrons. The molecule has 0 atom stereocenters. The van der Waals surface area contributed by atoms with E-state index in [1.54, 1.807) is 7.05 Å². The molecule has 1 heterocycles. The molecule has 1 saturated carbocycles. The Kier molecular flexibility index (Phi) is 8.07. The summed E-state index contributed by atoms with van der Waals surface area (Å²) in [5, 5.41) is 6.42. The van der Waals surface area contributed by atoms with Crippen LogP contribution in [0, 0.1) is 12.7 Å². The first-order valence-corrected chi connectivity index (χ1v) is 11.0. The summed E-state index contributed by atoms with van der Waals surface area (Å²) in [5.41, 5.74) is 9.17. The molecule has 8 N–H and O–H groups in total. The first-order valence-electron chi connectivity index (χ1n) is 11.0. The summed E-state index contributed by atoms with van der Waals surface area (Å²) < 4.78 is 19.4. The molecule has 33 heavy (non-hydrogen) atoms. The van der Waals surface area contributed by atoms with Crippen molar-refractivity contribution in [2.75, 3.05) is 13.6 Å². The Morgan fingerprint density at radius 1 is 1.12 bits per heavy atom. The molecule has 1 fully saturated rings. The zero-order valence-corrected chi connectivity index (χ0v) is 19.2. The van der Waals surface area contributed by atoms with Crippen LogP contribution >= 0.6 is 0 Å². The lowest BCUT2D eigenvalue weighted by Crippen LogP contribution is -2.44. The number of hydrogen-bond donors (Lipinski definition) is 4. The summed E-state index contributed by atoms with van der Waals surface area (Å²) in [6.45, 7) is 1.98. The molecule has 9 nitrogen and oxygen atoms in total. The average Bonchev–Trinajstić information content (AvgIpc) is 2.80. The van der Waals surface area contributed by atoms with Gasteiger partial charge in [0.2, 0.25) is 0 Å². The molecule has 0 unspecified atom stereocenters. The van der Waals surface area contributed by atoms with Crippen LogP contribution in [0.25, 0.3) is 5.70 Å². The molecular weight excluding hydrogens is 423 g/mol. The van der Waals surface area contributed by atoms with Crippen molar-refractivity contribution >= 4 is 11.5 Å². The van der Waals surface area contributed by atoms with Crippen molar-refractivity contribution in [2.24, 2.45) is 28.4 Å². The Labute approximate surface area is 193 Å². The molecule has 0 aliphatic heterocycles. The summed E-state index contributed by atoms with van der Waals surface area (Å²) in [6.07, 6.45) is 6.02. The maximum absolute atomic E-state index is 13.3. The summed E-state index contributed by atoms with van der Waals surface area (Å²) in [6, 6.07) is 9.38. The zero-order chi connectivity index (χ0) is 24.0. The third-order valence-corrected chi connectivity index (χ3v) is 5.71. The van der Waals surface area contributed by atoms with Gasteiger partial charge >= 0.3 is 0 Å². The number of benzene rings is 1. The van der Waals surface area contributed by atoms with Crippen LogP contribution in [0.2, 0.25) is 0 Å². The SMILES string of the molecule is Cc1nc(/C(N)=C(\CN(N)/C(=N\N)c2ccc(F)cc2)N(C)N)ccc1OC1CCCCC1. The van der Waals surface area contributed by atoms with Gasteiger partial charge in [-0.3, -0.25) is 5.01 Å². The van der Waals surface area contributed by atoms with Gasteiger partial charge in [0.15, 0.2) is 5.84 Å². The molecule has 3 rings (SSSR count). The van der Waals surface area contributed by atoms with Gasteiger partial charge in [0, 0.05) is 12.6 Å². The molecule has 0 bridgehead atoms. The second-order valence-corrected chi connectivity index (χ2v) is 8.22. The molecule has 1 aromatic carbocycles. The van der Waals surface area contributed by atoms with Crippen molar-refractivity contribution in [1.29, 1.82) is 0 Å². The van der Waals surface area contributed by atoms with Crippen molar-refractivity contribution in [3.63, 3.8) is 0 Å². The van der Waals surface area contributed by atoms with Gasteiger partial charge in [-0.25, -0.2) is 21.1 Å². The number of ether oxygens (including phenoxy) is 1. The summed E-state index contributed by atoms with van der Waals surface area (Å²) in [4.78, 5) is 4.64. The maximum Gasteiger partial charge on any atom is 0.169 e. The second kappa shape index (κ2) is 11.0. The number of pyridine rings is 1. The van der Waals surface area contributed by atoms with Crippen molar-refractivity contribution in [2.45, 2.75) is 45.1 Å². The van der Waals surface area contributed by atoms with E-state index in [-0.39, 0.29) is 24.3 Å². The topological polar surface area (TPSA) is 145 Å². The Morgan fingerprint density at radius 3 is 2.36 bits per heavy atom. The average molecular weight is 457 g/mol. The molecule has 0 amide bonds. The quantitative estimate of drug-likeness (QED) is 0.215. The van der Waals surface area contributed by atoms with Crippen LogP contribution in [-0.4, -0.2) is 40.5 Å². The largest absolute Gasteiger partial charge is 0.489 e. The molecular formula is C23H33FN8O. The summed E-state index contributed by atoms with van der Waals surface area (Å²) >= 11 is 0. The number of hydrazone groups is 1. The minimum absolute atomic E-state index is 0.0906. The highest BCUT2D eigenvalue weighted by atomic mass is 19.1. The highest BCUT2D eigenvalue weighted by Gasteiger charge is 2.19. The molecule has 1 aromatic heterocycles. The fourth-order valence-electron chi connectivity index (χ4n) is 3.87. The third-order valence-electron chi connectivity index (χ3n) is 5.71. The van der Waals surface area contributed by atoms with E-state index in [0.29, 0.717) is 22.7 Å². The van der Waals surface area contributed by atoms with Gasteiger partial charge in [0.25, 0.3) is 0 Å². The fourth-order valence-corrected chi connectivity index (χ4v) is 3.87. The van der Waals surface area contributed by atoms with E-state index in [1.165, 1.54) is 53.5 Å². The lowest BCUT2D eigenvalue weighted by atomic mass is 9.98. The lowest BCUT2D eigenvalue weighted by molar-refractivity contribution is 0.153. The van der Waals surface area contributed by atoms with Crippen molar-refractivity contribution in [3.05, 3.63) is 64.9 Å². The number of likely N-dealkylation sites (N-methyl/N-ethyl adjacent to an activating group) is 1. The monoisotopic (exact) mass is 456 g/mol. The van der Waals surface area contributed by atoms with E-state index in [4.69, 9.17) is 28.0 Å². The second-order valence-electron chi connectivity index (χ2n) is 8.22. The number of amidine groups is 1. The van der Waals surface area contributed by atoms with E-state index >= 15 is 0 Å². The van der Waals surface area contributed by atoms with Gasteiger partial charge in [-0.1, -0.05) is 6.42 Å². The number of halogens is 1. The van der Waals surface area contributed by atoms with Crippen molar-refractivity contribution in [1.82, 2.24) is 15.0 Å². The Morgan fingerprint density at radius 2 is 1.79 bits per heavy atom. The molecule has 2 aromatic rings. The van der Waals surface area contributed by atoms with Crippen LogP contribution in [0.3, 0.4) is 0 Å². The molecule has 0 saturated heterocycles. The standard InChI is InChI=1S/C23H33FN8O/c1-15-21(33-18-6-4-3-5-7-18)13-12-19(29-15)22(25)20(31(2)27)14-32(28)23(30-26)16-8-10-17(24)11-9-16/h8-13,18H,3-7,14,25-28H2,1-2H3/b22-20-,30-23-. The third kappa shape index (κ3) is 6.11. The molecule has 0 radical (unpaired) electrons. The number of aromatic nitrogens is 1. The van der Waals surface area contributed by atoms with E-state index in [0.717, 1.165) is 24.3 Å². The van der Waals surface area contributed by atoms with Crippen LogP contribution in [0.4, 0.5) is 4.39 Å². The Balaban J connectivity index is 1.81. The highest BCUT2D eigenvalue weighted by molar-refractivity contribution is 5.98. The van der Waals surface area contributed by atoms with Gasteiger partial charge < -0.3 is 21.3 Å². The van der Waals surface area contributed by atoms with E-state index < -0.39 is 0 Å². The molecule has 1 aliphatic carbocycles. The van der Waals surface area contributed by atoms with Crippen LogP contribution < -0.4 is 28.0 Å². The molecule has 10 heteroatoms. The number of rotatable bonds is 7. The minimum Gasteiger partial charge on any atom is -0.489 e. The lowest BCUT2D eigenvalue weighted by Gasteiger charge is -2.27. The van der Waals surface area contributed by atoms with Crippen molar-refractivity contribution < 1.29 is 9.13 Å². The molecule has 0 spiro atoms. The van der Waals surface area contributed by atoms with Gasteiger partial charge in [-0.15, -0.1) is 0 Å². The van der Waals surface area contributed by atoms with Gasteiger partial charge in [0.1, 0.15) is 11.6 Å². The maximum atomic E-state index is 13.3. The number of hydrogen-bond acceptors (Lipinski definition) is 8. The van der Waals surface area contributed by atoms with Gasteiger partial charge in [-0.05, 0) is 69.0 Å². The smallest absolute Gasteiger partial charge is 0.169 e. The Bertz CT molecular complexity index is 1000. The van der Waals surface area contributed by atoms with Crippen LogP contribution in [0.15, 0.2) is 47.2 Å². The fraction of sp³-hybridized carbons (Fsp3) is 0.391. The Hall–Kier alpha value is -3.37. The number of nitrogens with zero attached hydrogens (tertiary/aromatic N) is 4.